The van der Waals surface area contributed by atoms with Crippen LogP contribution >= 0.6 is 0 Å². The van der Waals surface area contributed by atoms with Gasteiger partial charge in [0.25, 0.3) is 5.92 Å². The van der Waals surface area contributed by atoms with Crippen molar-refractivity contribution in [3.63, 3.8) is 0 Å². The van der Waals surface area contributed by atoms with E-state index in [2.05, 4.69) is 22.2 Å². The fraction of sp³-hybridized carbons (Fsp3) is 0.353. The molecule has 8 heteroatoms. The van der Waals surface area contributed by atoms with Crippen LogP contribution in [0.15, 0.2) is 79.1 Å². The Labute approximate surface area is 244 Å². The van der Waals surface area contributed by atoms with Gasteiger partial charge in [-0.1, -0.05) is 79.7 Å². The summed E-state index contributed by atoms with van der Waals surface area (Å²) in [5.74, 6) is -6.11. The number of aromatic nitrogens is 4. The average Bonchev–Trinajstić information content (AvgIpc) is 3.57. The highest BCUT2D eigenvalue weighted by Crippen LogP contribution is 2.58. The molecular formula is C34H34F2N4O2. The van der Waals surface area contributed by atoms with Gasteiger partial charge in [0, 0.05) is 35.6 Å². The molecule has 4 aromatic rings. The van der Waals surface area contributed by atoms with E-state index in [1.807, 2.05) is 67.6 Å². The minimum absolute atomic E-state index is 0.519. The number of cyclic esters (lactones) is 1. The number of halogens is 2. The summed E-state index contributed by atoms with van der Waals surface area (Å²) >= 11 is 0. The van der Waals surface area contributed by atoms with Gasteiger partial charge in [0.1, 0.15) is 11.8 Å². The van der Waals surface area contributed by atoms with Gasteiger partial charge in [-0.15, -0.1) is 5.10 Å². The molecule has 1 saturated carbocycles. The number of allylic oxidation sites excluding steroid dienone is 1. The number of nitrogens with zero attached hydrogens (tertiary/aromatic N) is 4. The Morgan fingerprint density at radius 3 is 2.48 bits per heavy atom. The summed E-state index contributed by atoms with van der Waals surface area (Å²) in [5.41, 5.74) is 4.69. The van der Waals surface area contributed by atoms with Gasteiger partial charge in [-0.05, 0) is 55.0 Å². The van der Waals surface area contributed by atoms with Crippen molar-refractivity contribution in [2.45, 2.75) is 58.1 Å². The lowest BCUT2D eigenvalue weighted by atomic mass is 9.60. The fourth-order valence-corrected chi connectivity index (χ4v) is 6.69. The van der Waals surface area contributed by atoms with Gasteiger partial charge in [0.05, 0.1) is 11.9 Å². The zero-order chi connectivity index (χ0) is 29.6. The van der Waals surface area contributed by atoms with E-state index in [0.29, 0.717) is 11.4 Å². The third kappa shape index (κ3) is 4.63. The number of ether oxygens (including phenoxy) is 1. The zero-order valence-corrected chi connectivity index (χ0v) is 24.2. The SMILES string of the molecule is CCc1ccc(-c2cn([C@@]34CC(F)(F)[C@@H](C)[C@H](/C=C/c5ccc(-c6ccccc6C)cn5)[C@@H]3[C@@H](C)OC4=O)nn2)cc1. The molecule has 5 atom stereocenters. The number of pyridine rings is 1. The van der Waals surface area contributed by atoms with Gasteiger partial charge in [0.15, 0.2) is 5.54 Å². The number of hydrogen-bond donors (Lipinski definition) is 0. The summed E-state index contributed by atoms with van der Waals surface area (Å²) in [5, 5.41) is 8.55. The third-order valence-electron chi connectivity index (χ3n) is 9.16. The third-order valence-corrected chi connectivity index (χ3v) is 9.16. The van der Waals surface area contributed by atoms with Crippen LogP contribution in [0.5, 0.6) is 0 Å². The maximum absolute atomic E-state index is 15.8. The molecule has 0 unspecified atom stereocenters. The molecule has 216 valence electrons. The van der Waals surface area contributed by atoms with Crippen LogP contribution in [0.2, 0.25) is 0 Å². The fourth-order valence-electron chi connectivity index (χ4n) is 6.69. The van der Waals surface area contributed by atoms with E-state index in [-0.39, 0.29) is 0 Å². The van der Waals surface area contributed by atoms with Gasteiger partial charge in [-0.25, -0.2) is 18.3 Å². The maximum Gasteiger partial charge on any atom is 0.335 e. The number of benzene rings is 2. The highest BCUT2D eigenvalue weighted by molar-refractivity contribution is 5.82. The number of alkyl halides is 2. The van der Waals surface area contributed by atoms with Crippen molar-refractivity contribution in [3.05, 3.63) is 96.0 Å². The standard InChI is InChI=1S/C34H34F2N4O2/c1-5-24-10-12-25(13-11-24)30-19-40(39-38-30)33-20-34(35,36)22(3)29(31(33)23(4)42-32(33)41)17-16-27-15-14-26(18-37-27)28-9-7-6-8-21(28)2/h6-19,22-23,29,31H,5,20H2,1-4H3/b17-16+/t22-,23+,29-,31-,33-/m0/s1. The molecule has 6 nitrogen and oxygen atoms in total. The summed E-state index contributed by atoms with van der Waals surface area (Å²) in [7, 11) is 0. The molecule has 1 saturated heterocycles. The van der Waals surface area contributed by atoms with Crippen molar-refractivity contribution in [2.24, 2.45) is 17.8 Å². The van der Waals surface area contributed by atoms with Crippen molar-refractivity contribution in [2.75, 3.05) is 0 Å². The van der Waals surface area contributed by atoms with Gasteiger partial charge in [0.2, 0.25) is 0 Å². The van der Waals surface area contributed by atoms with Gasteiger partial charge in [-0.3, -0.25) is 4.98 Å². The second-order valence-electron chi connectivity index (χ2n) is 11.6. The Balaban J connectivity index is 1.35. The molecule has 2 aromatic carbocycles. The summed E-state index contributed by atoms with van der Waals surface area (Å²) in [6.07, 6.45) is 6.56. The Hall–Kier alpha value is -4.20. The van der Waals surface area contributed by atoms with Crippen molar-refractivity contribution in [1.82, 2.24) is 20.0 Å². The Morgan fingerprint density at radius 2 is 1.79 bits per heavy atom. The first kappa shape index (κ1) is 27.9. The monoisotopic (exact) mass is 568 g/mol. The molecule has 1 aliphatic carbocycles. The smallest absolute Gasteiger partial charge is 0.335 e. The number of esters is 1. The highest BCUT2D eigenvalue weighted by Gasteiger charge is 2.69. The van der Waals surface area contributed by atoms with Gasteiger partial charge in [-0.2, -0.15) is 0 Å². The molecule has 0 bridgehead atoms. The Kier molecular flexibility index (Phi) is 7.03. The second-order valence-corrected chi connectivity index (χ2v) is 11.6. The number of aryl methyl sites for hydroxylation is 2. The van der Waals surface area contributed by atoms with Crippen molar-refractivity contribution in [3.8, 4) is 22.4 Å². The lowest BCUT2D eigenvalue weighted by Crippen LogP contribution is -2.59. The number of rotatable bonds is 6. The molecule has 6 rings (SSSR count). The molecule has 2 aromatic heterocycles. The quantitative estimate of drug-likeness (QED) is 0.231. The zero-order valence-electron chi connectivity index (χ0n) is 24.2. The molecular weight excluding hydrogens is 534 g/mol. The molecule has 3 heterocycles. The molecule has 0 radical (unpaired) electrons. The van der Waals surface area contributed by atoms with Crippen LogP contribution in [-0.4, -0.2) is 38.0 Å². The first-order chi connectivity index (χ1) is 20.1. The predicted molar refractivity (Wildman–Crippen MR) is 158 cm³/mol. The van der Waals surface area contributed by atoms with Crippen molar-refractivity contribution < 1.29 is 18.3 Å². The lowest BCUT2D eigenvalue weighted by molar-refractivity contribution is -0.169. The molecule has 0 N–H and O–H groups in total. The summed E-state index contributed by atoms with van der Waals surface area (Å²) < 4.78 is 38.7. The average molecular weight is 569 g/mol. The molecule has 2 aliphatic rings. The molecule has 0 amide bonds. The Bertz CT molecular complexity index is 1630. The number of carbonyl (C=O) groups is 1. The van der Waals surface area contributed by atoms with Gasteiger partial charge >= 0.3 is 5.97 Å². The minimum atomic E-state index is -3.15. The van der Waals surface area contributed by atoms with Gasteiger partial charge < -0.3 is 4.74 Å². The van der Waals surface area contributed by atoms with E-state index in [4.69, 9.17) is 4.74 Å². The first-order valence-electron chi connectivity index (χ1n) is 14.5. The largest absolute Gasteiger partial charge is 0.460 e. The van der Waals surface area contributed by atoms with Crippen molar-refractivity contribution in [1.29, 1.82) is 0 Å². The van der Waals surface area contributed by atoms with E-state index in [1.165, 1.54) is 10.2 Å². The normalized spacial score (nSPS) is 26.8. The van der Waals surface area contributed by atoms with Crippen LogP contribution in [0.25, 0.3) is 28.5 Å². The lowest BCUT2D eigenvalue weighted by Gasteiger charge is -2.47. The van der Waals surface area contributed by atoms with Crippen LogP contribution in [0.1, 0.15) is 44.0 Å². The van der Waals surface area contributed by atoms with E-state index in [1.54, 1.807) is 38.4 Å². The van der Waals surface area contributed by atoms with Crippen LogP contribution in [-0.2, 0) is 21.5 Å². The van der Waals surface area contributed by atoms with Crippen molar-refractivity contribution >= 4 is 12.0 Å². The topological polar surface area (TPSA) is 69.9 Å². The molecule has 1 aliphatic heterocycles. The van der Waals surface area contributed by atoms with E-state index < -0.39 is 47.7 Å². The summed E-state index contributed by atoms with van der Waals surface area (Å²) in [6.45, 7) is 7.44. The number of hydrogen-bond acceptors (Lipinski definition) is 5. The second kappa shape index (κ2) is 10.6. The molecule has 0 spiro atoms. The number of carbonyl (C=O) groups excluding carboxylic acids is 1. The Morgan fingerprint density at radius 1 is 1.05 bits per heavy atom. The summed E-state index contributed by atoms with van der Waals surface area (Å²) in [6, 6.07) is 19.8. The molecule has 2 fully saturated rings. The van der Waals surface area contributed by atoms with E-state index in [9.17, 15) is 4.79 Å². The number of fused-ring (bicyclic) bond motifs is 1. The molecule has 42 heavy (non-hydrogen) atoms. The van der Waals surface area contributed by atoms with Crippen LogP contribution in [0.4, 0.5) is 8.78 Å². The highest BCUT2D eigenvalue weighted by atomic mass is 19.3. The first-order valence-corrected chi connectivity index (χ1v) is 14.5. The van der Waals surface area contributed by atoms with Crippen LogP contribution in [0, 0.1) is 24.7 Å². The van der Waals surface area contributed by atoms with E-state index >= 15 is 8.78 Å². The van der Waals surface area contributed by atoms with Crippen LogP contribution < -0.4 is 0 Å². The maximum atomic E-state index is 15.8. The summed E-state index contributed by atoms with van der Waals surface area (Å²) in [4.78, 5) is 18.1. The predicted octanol–water partition coefficient (Wildman–Crippen LogP) is 7.14. The minimum Gasteiger partial charge on any atom is -0.460 e. The van der Waals surface area contributed by atoms with Crippen LogP contribution in [0.3, 0.4) is 0 Å². The van der Waals surface area contributed by atoms with E-state index in [0.717, 1.165) is 28.7 Å².